The number of hydrogen-bond acceptors (Lipinski definition) is 5. The van der Waals surface area contributed by atoms with Gasteiger partial charge < -0.3 is 19.7 Å². The predicted octanol–water partition coefficient (Wildman–Crippen LogP) is 2.52. The summed E-state index contributed by atoms with van der Waals surface area (Å²) in [7, 11) is 1.54. The van der Waals surface area contributed by atoms with Gasteiger partial charge in [0.05, 0.1) is 24.6 Å². The van der Waals surface area contributed by atoms with Crippen LogP contribution < -0.4 is 10.1 Å². The van der Waals surface area contributed by atoms with Crippen molar-refractivity contribution < 1.29 is 23.9 Å². The number of carbonyl (C=O) groups excluding carboxylic acids is 3. The molecule has 2 amide bonds. The second kappa shape index (κ2) is 10.3. The molecule has 1 aromatic rings. The SMILES string of the molecule is CCCCCOC(=O)CC1C(=O)NCCN1C(=O)c1ccc(OC)c(Br)c1. The van der Waals surface area contributed by atoms with Crippen LogP contribution in [0.4, 0.5) is 0 Å². The van der Waals surface area contributed by atoms with Gasteiger partial charge in [-0.1, -0.05) is 19.8 Å². The Hall–Kier alpha value is -2.09. The van der Waals surface area contributed by atoms with Gasteiger partial charge in [-0.2, -0.15) is 0 Å². The van der Waals surface area contributed by atoms with Gasteiger partial charge in [0, 0.05) is 18.7 Å². The molecule has 0 aromatic heterocycles. The number of nitrogens with zero attached hydrogens (tertiary/aromatic N) is 1. The average molecular weight is 441 g/mol. The lowest BCUT2D eigenvalue weighted by Crippen LogP contribution is -2.57. The van der Waals surface area contributed by atoms with E-state index in [9.17, 15) is 14.4 Å². The summed E-state index contributed by atoms with van der Waals surface area (Å²) >= 11 is 3.36. The van der Waals surface area contributed by atoms with E-state index in [0.717, 1.165) is 19.3 Å². The van der Waals surface area contributed by atoms with Gasteiger partial charge >= 0.3 is 5.97 Å². The second-order valence-electron chi connectivity index (χ2n) is 6.29. The Morgan fingerprint density at radius 3 is 2.78 bits per heavy atom. The number of hydrogen-bond donors (Lipinski definition) is 1. The van der Waals surface area contributed by atoms with Gasteiger partial charge in [-0.15, -0.1) is 0 Å². The van der Waals surface area contributed by atoms with Gasteiger partial charge in [-0.25, -0.2) is 0 Å². The van der Waals surface area contributed by atoms with Crippen molar-refractivity contribution in [1.82, 2.24) is 10.2 Å². The lowest BCUT2D eigenvalue weighted by atomic mass is 10.1. The van der Waals surface area contributed by atoms with Gasteiger partial charge in [0.1, 0.15) is 11.8 Å². The van der Waals surface area contributed by atoms with E-state index in [1.807, 2.05) is 0 Å². The van der Waals surface area contributed by atoms with Crippen LogP contribution in [-0.2, 0) is 14.3 Å². The summed E-state index contributed by atoms with van der Waals surface area (Å²) in [5, 5.41) is 2.71. The zero-order valence-corrected chi connectivity index (χ0v) is 17.2. The molecule has 1 fully saturated rings. The number of esters is 1. The van der Waals surface area contributed by atoms with Gasteiger partial charge in [0.25, 0.3) is 5.91 Å². The highest BCUT2D eigenvalue weighted by Crippen LogP contribution is 2.26. The predicted molar refractivity (Wildman–Crippen MR) is 104 cm³/mol. The molecule has 1 heterocycles. The number of piperazine rings is 1. The van der Waals surface area contributed by atoms with Crippen molar-refractivity contribution in [3.8, 4) is 5.75 Å². The highest BCUT2D eigenvalue weighted by atomic mass is 79.9. The number of benzene rings is 1. The molecule has 0 saturated carbocycles. The zero-order valence-electron chi connectivity index (χ0n) is 15.6. The van der Waals surface area contributed by atoms with Crippen LogP contribution in [0.2, 0.25) is 0 Å². The minimum Gasteiger partial charge on any atom is -0.496 e. The Balaban J connectivity index is 2.08. The summed E-state index contributed by atoms with van der Waals surface area (Å²) in [6, 6.07) is 4.09. The molecule has 1 N–H and O–H groups in total. The fourth-order valence-corrected chi connectivity index (χ4v) is 3.42. The topological polar surface area (TPSA) is 84.9 Å². The second-order valence-corrected chi connectivity index (χ2v) is 7.14. The van der Waals surface area contributed by atoms with Gasteiger partial charge in [-0.05, 0) is 40.5 Å². The highest BCUT2D eigenvalue weighted by molar-refractivity contribution is 9.10. The van der Waals surface area contributed by atoms with Crippen LogP contribution in [0.5, 0.6) is 5.75 Å². The summed E-state index contributed by atoms with van der Waals surface area (Å²) in [4.78, 5) is 38.7. The van der Waals surface area contributed by atoms with Crippen LogP contribution in [0.25, 0.3) is 0 Å². The fourth-order valence-electron chi connectivity index (χ4n) is 2.88. The molecule has 7 nitrogen and oxygen atoms in total. The Kier molecular flexibility index (Phi) is 8.09. The number of nitrogens with one attached hydrogen (secondary N) is 1. The Morgan fingerprint density at radius 1 is 1.33 bits per heavy atom. The lowest BCUT2D eigenvalue weighted by Gasteiger charge is -2.34. The van der Waals surface area contributed by atoms with E-state index >= 15 is 0 Å². The van der Waals surface area contributed by atoms with Crippen molar-refractivity contribution in [1.29, 1.82) is 0 Å². The number of rotatable bonds is 8. The molecular formula is C19H25BrN2O5. The van der Waals surface area contributed by atoms with E-state index in [-0.39, 0.29) is 18.2 Å². The Morgan fingerprint density at radius 2 is 2.11 bits per heavy atom. The quantitative estimate of drug-likeness (QED) is 0.495. The van der Waals surface area contributed by atoms with Crippen LogP contribution in [-0.4, -0.2) is 55.5 Å². The number of halogens is 1. The molecule has 8 heteroatoms. The maximum atomic E-state index is 12.9. The first-order valence-corrected chi connectivity index (χ1v) is 9.85. The molecule has 1 aromatic carbocycles. The highest BCUT2D eigenvalue weighted by Gasteiger charge is 2.35. The smallest absolute Gasteiger partial charge is 0.308 e. The number of methoxy groups -OCH3 is 1. The van der Waals surface area contributed by atoms with E-state index in [1.54, 1.807) is 25.3 Å². The molecule has 0 radical (unpaired) electrons. The minimum atomic E-state index is -0.870. The first-order chi connectivity index (χ1) is 13.0. The summed E-state index contributed by atoms with van der Waals surface area (Å²) < 4.78 is 11.0. The first-order valence-electron chi connectivity index (χ1n) is 9.05. The van der Waals surface area contributed by atoms with E-state index < -0.39 is 12.0 Å². The van der Waals surface area contributed by atoms with Crippen molar-refractivity contribution in [3.05, 3.63) is 28.2 Å². The Bertz CT molecular complexity index is 695. The van der Waals surface area contributed by atoms with Gasteiger partial charge in [0.15, 0.2) is 0 Å². The molecule has 1 saturated heterocycles. The summed E-state index contributed by atoms with van der Waals surface area (Å²) in [5.41, 5.74) is 0.415. The summed E-state index contributed by atoms with van der Waals surface area (Å²) in [6.07, 6.45) is 2.65. The molecule has 1 unspecified atom stereocenters. The zero-order chi connectivity index (χ0) is 19.8. The molecule has 1 aliphatic heterocycles. The van der Waals surface area contributed by atoms with Gasteiger partial charge in [0.2, 0.25) is 5.91 Å². The van der Waals surface area contributed by atoms with E-state index in [4.69, 9.17) is 9.47 Å². The van der Waals surface area contributed by atoms with Crippen molar-refractivity contribution >= 4 is 33.7 Å². The van der Waals surface area contributed by atoms with E-state index in [2.05, 4.69) is 28.2 Å². The average Bonchev–Trinajstić information content (AvgIpc) is 2.66. The molecule has 27 heavy (non-hydrogen) atoms. The van der Waals surface area contributed by atoms with Crippen LogP contribution in [0.3, 0.4) is 0 Å². The third-order valence-corrected chi connectivity index (χ3v) is 4.98. The third-order valence-electron chi connectivity index (χ3n) is 4.36. The summed E-state index contributed by atoms with van der Waals surface area (Å²) in [5.74, 6) is -0.512. The van der Waals surface area contributed by atoms with Gasteiger partial charge in [-0.3, -0.25) is 14.4 Å². The van der Waals surface area contributed by atoms with Crippen LogP contribution >= 0.6 is 15.9 Å². The number of ether oxygens (including phenoxy) is 2. The molecule has 2 rings (SSSR count). The third kappa shape index (κ3) is 5.69. The lowest BCUT2D eigenvalue weighted by molar-refractivity contribution is -0.147. The molecule has 1 atom stereocenters. The minimum absolute atomic E-state index is 0.152. The van der Waals surface area contributed by atoms with Crippen LogP contribution in [0, 0.1) is 0 Å². The first kappa shape index (κ1) is 21.2. The van der Waals surface area contributed by atoms with E-state index in [0.29, 0.717) is 35.5 Å². The fraction of sp³-hybridized carbons (Fsp3) is 0.526. The van der Waals surface area contributed by atoms with Crippen molar-refractivity contribution in [2.24, 2.45) is 0 Å². The molecule has 1 aliphatic rings. The molecule has 0 bridgehead atoms. The normalized spacial score (nSPS) is 16.6. The standard InChI is InChI=1S/C19H25BrN2O5/c1-3-4-5-10-27-17(23)12-15-18(24)21-8-9-22(15)19(25)13-6-7-16(26-2)14(20)11-13/h6-7,11,15H,3-5,8-10,12H2,1-2H3,(H,21,24). The number of amides is 2. The van der Waals surface area contributed by atoms with E-state index in [1.165, 1.54) is 4.90 Å². The van der Waals surface area contributed by atoms with Crippen LogP contribution in [0.1, 0.15) is 43.0 Å². The largest absolute Gasteiger partial charge is 0.496 e. The molecule has 0 spiro atoms. The maximum absolute atomic E-state index is 12.9. The number of carbonyl (C=O) groups is 3. The van der Waals surface area contributed by atoms with Crippen LogP contribution in [0.15, 0.2) is 22.7 Å². The Labute approximate surface area is 167 Å². The van der Waals surface area contributed by atoms with Crippen molar-refractivity contribution in [3.63, 3.8) is 0 Å². The molecular weight excluding hydrogens is 416 g/mol. The molecule has 0 aliphatic carbocycles. The maximum Gasteiger partial charge on any atom is 0.308 e. The monoisotopic (exact) mass is 440 g/mol. The number of unbranched alkanes of at least 4 members (excludes halogenated alkanes) is 2. The van der Waals surface area contributed by atoms with Crippen molar-refractivity contribution in [2.45, 2.75) is 38.6 Å². The van der Waals surface area contributed by atoms with Crippen molar-refractivity contribution in [2.75, 3.05) is 26.8 Å². The summed E-state index contributed by atoms with van der Waals surface area (Å²) in [6.45, 7) is 3.08. The molecule has 148 valence electrons.